The Morgan fingerprint density at radius 1 is 1.28 bits per heavy atom. The summed E-state index contributed by atoms with van der Waals surface area (Å²) in [5.41, 5.74) is 3.41. The Morgan fingerprint density at radius 3 is 2.67 bits per heavy atom. The van der Waals surface area contributed by atoms with Gasteiger partial charge in [0.15, 0.2) is 0 Å². The van der Waals surface area contributed by atoms with Crippen LogP contribution in [0.1, 0.15) is 35.6 Å². The van der Waals surface area contributed by atoms with Gasteiger partial charge in [-0.1, -0.05) is 6.07 Å². The number of nitrogens with one attached hydrogen (secondary N) is 1. The summed E-state index contributed by atoms with van der Waals surface area (Å²) in [5, 5.41) is 22.3. The fourth-order valence-corrected chi connectivity index (χ4v) is 3.07. The third-order valence-electron chi connectivity index (χ3n) is 4.10. The monoisotopic (exact) mass is 247 g/mol. The molecular formula is C14H17NO3. The Labute approximate surface area is 106 Å². The highest BCUT2D eigenvalue weighted by molar-refractivity contribution is 5.71. The molecule has 1 aromatic rings. The van der Waals surface area contributed by atoms with Gasteiger partial charge >= 0.3 is 5.97 Å². The molecule has 0 bridgehead atoms. The van der Waals surface area contributed by atoms with Crippen molar-refractivity contribution in [1.82, 2.24) is 5.32 Å². The molecule has 0 radical (unpaired) electrons. The number of phenols is 1. The topological polar surface area (TPSA) is 69.6 Å². The van der Waals surface area contributed by atoms with Crippen molar-refractivity contribution in [1.29, 1.82) is 0 Å². The zero-order valence-electron chi connectivity index (χ0n) is 10.1. The molecule has 1 aliphatic carbocycles. The molecule has 1 aromatic carbocycles. The Morgan fingerprint density at radius 2 is 2.00 bits per heavy atom. The number of carboxylic acids is 1. The second kappa shape index (κ2) is 4.28. The summed E-state index contributed by atoms with van der Waals surface area (Å²) >= 11 is 0. The number of phenolic OH excluding ortho intramolecular Hbond substituents is 1. The highest BCUT2D eigenvalue weighted by Crippen LogP contribution is 2.36. The molecular weight excluding hydrogens is 230 g/mol. The number of fused-ring (bicyclic) bond motifs is 1. The minimum atomic E-state index is -0.759. The van der Waals surface area contributed by atoms with Crippen molar-refractivity contribution in [2.24, 2.45) is 5.92 Å². The molecule has 4 nitrogen and oxygen atoms in total. The molecule has 1 saturated heterocycles. The lowest BCUT2D eigenvalue weighted by atomic mass is 9.96. The molecule has 2 unspecified atom stereocenters. The molecule has 0 amide bonds. The summed E-state index contributed by atoms with van der Waals surface area (Å²) in [7, 11) is 0. The van der Waals surface area contributed by atoms with E-state index in [0.29, 0.717) is 18.7 Å². The second-order valence-electron chi connectivity index (χ2n) is 5.26. The summed E-state index contributed by atoms with van der Waals surface area (Å²) < 4.78 is 0. The van der Waals surface area contributed by atoms with Crippen molar-refractivity contribution in [3.05, 3.63) is 28.8 Å². The summed E-state index contributed by atoms with van der Waals surface area (Å²) in [4.78, 5) is 10.9. The number of carbonyl (C=O) groups is 1. The lowest BCUT2D eigenvalue weighted by Crippen LogP contribution is -2.17. The van der Waals surface area contributed by atoms with Gasteiger partial charge in [-0.15, -0.1) is 0 Å². The number of benzene rings is 1. The third kappa shape index (κ3) is 1.86. The van der Waals surface area contributed by atoms with E-state index < -0.39 is 5.97 Å². The Kier molecular flexibility index (Phi) is 2.74. The van der Waals surface area contributed by atoms with Crippen LogP contribution in [0.3, 0.4) is 0 Å². The average molecular weight is 247 g/mol. The standard InChI is InChI=1S/C14H17NO3/c16-13-6-9-3-1-2-8(9)4-11(13)12-5-10(7-15-12)14(17)18/h4,6,10,12,15-16H,1-3,5,7H2,(H,17,18). The van der Waals surface area contributed by atoms with Crippen LogP contribution in [0, 0.1) is 5.92 Å². The van der Waals surface area contributed by atoms with Gasteiger partial charge in [-0.3, -0.25) is 4.79 Å². The first-order chi connectivity index (χ1) is 8.65. The normalized spacial score (nSPS) is 26.2. The lowest BCUT2D eigenvalue weighted by molar-refractivity contribution is -0.141. The Bertz CT molecular complexity index is 498. The molecule has 2 atom stereocenters. The van der Waals surface area contributed by atoms with Crippen LogP contribution >= 0.6 is 0 Å². The maximum absolute atomic E-state index is 10.9. The number of aryl methyl sites for hydroxylation is 2. The quantitative estimate of drug-likeness (QED) is 0.742. The van der Waals surface area contributed by atoms with E-state index in [4.69, 9.17) is 5.11 Å². The maximum Gasteiger partial charge on any atom is 0.307 e. The number of aromatic hydroxyl groups is 1. The van der Waals surface area contributed by atoms with Crippen molar-refractivity contribution in [2.75, 3.05) is 6.54 Å². The summed E-state index contributed by atoms with van der Waals surface area (Å²) in [6.07, 6.45) is 3.81. The largest absolute Gasteiger partial charge is 0.508 e. The van der Waals surface area contributed by atoms with E-state index in [-0.39, 0.29) is 12.0 Å². The van der Waals surface area contributed by atoms with Crippen LogP contribution in [0.25, 0.3) is 0 Å². The summed E-state index contributed by atoms with van der Waals surface area (Å²) in [6.45, 7) is 0.483. The average Bonchev–Trinajstić information content (AvgIpc) is 2.94. The van der Waals surface area contributed by atoms with Crippen LogP contribution in [0.2, 0.25) is 0 Å². The van der Waals surface area contributed by atoms with Gasteiger partial charge < -0.3 is 15.5 Å². The van der Waals surface area contributed by atoms with Crippen LogP contribution in [0.15, 0.2) is 12.1 Å². The minimum Gasteiger partial charge on any atom is -0.508 e. The van der Waals surface area contributed by atoms with Gasteiger partial charge in [-0.25, -0.2) is 0 Å². The second-order valence-corrected chi connectivity index (χ2v) is 5.26. The molecule has 0 saturated carbocycles. The molecule has 1 aliphatic heterocycles. The Hall–Kier alpha value is -1.55. The number of hydrogen-bond donors (Lipinski definition) is 3. The van der Waals surface area contributed by atoms with Gasteiger partial charge in [0.25, 0.3) is 0 Å². The molecule has 3 rings (SSSR count). The molecule has 0 spiro atoms. The zero-order valence-corrected chi connectivity index (χ0v) is 10.1. The Balaban J connectivity index is 1.87. The molecule has 3 N–H and O–H groups in total. The van der Waals surface area contributed by atoms with Gasteiger partial charge in [0.1, 0.15) is 5.75 Å². The van der Waals surface area contributed by atoms with Crippen LogP contribution < -0.4 is 5.32 Å². The van der Waals surface area contributed by atoms with Crippen molar-refractivity contribution < 1.29 is 15.0 Å². The molecule has 0 aromatic heterocycles. The lowest BCUT2D eigenvalue weighted by Gasteiger charge is -2.14. The van der Waals surface area contributed by atoms with Crippen LogP contribution in [-0.4, -0.2) is 22.7 Å². The van der Waals surface area contributed by atoms with Gasteiger partial charge in [-0.2, -0.15) is 0 Å². The fraction of sp³-hybridized carbons (Fsp3) is 0.500. The number of rotatable bonds is 2. The predicted molar refractivity (Wildman–Crippen MR) is 66.6 cm³/mol. The van der Waals surface area contributed by atoms with Crippen molar-refractivity contribution in [3.8, 4) is 5.75 Å². The predicted octanol–water partition coefficient (Wildman–Crippen LogP) is 1.62. The first-order valence-electron chi connectivity index (χ1n) is 6.46. The van der Waals surface area contributed by atoms with E-state index >= 15 is 0 Å². The zero-order chi connectivity index (χ0) is 12.7. The number of aliphatic carboxylic acids is 1. The van der Waals surface area contributed by atoms with Gasteiger partial charge in [0.05, 0.1) is 5.92 Å². The maximum atomic E-state index is 10.9. The van der Waals surface area contributed by atoms with Gasteiger partial charge in [0.2, 0.25) is 0 Å². The smallest absolute Gasteiger partial charge is 0.307 e. The molecule has 1 heterocycles. The van der Waals surface area contributed by atoms with Gasteiger partial charge in [0, 0.05) is 18.2 Å². The number of hydrogen-bond acceptors (Lipinski definition) is 3. The van der Waals surface area contributed by atoms with E-state index in [0.717, 1.165) is 24.8 Å². The van der Waals surface area contributed by atoms with E-state index in [1.54, 1.807) is 0 Å². The van der Waals surface area contributed by atoms with Gasteiger partial charge in [-0.05, 0) is 42.9 Å². The van der Waals surface area contributed by atoms with Crippen LogP contribution in [0.5, 0.6) is 5.75 Å². The summed E-state index contributed by atoms with van der Waals surface area (Å²) in [6, 6.07) is 3.88. The summed E-state index contributed by atoms with van der Waals surface area (Å²) in [5.74, 6) is -0.799. The highest BCUT2D eigenvalue weighted by atomic mass is 16.4. The van der Waals surface area contributed by atoms with E-state index in [2.05, 4.69) is 11.4 Å². The molecule has 2 aliphatic rings. The van der Waals surface area contributed by atoms with Crippen LogP contribution in [0.4, 0.5) is 0 Å². The first-order valence-corrected chi connectivity index (χ1v) is 6.46. The van der Waals surface area contributed by atoms with E-state index in [1.165, 1.54) is 11.1 Å². The molecule has 1 fully saturated rings. The highest BCUT2D eigenvalue weighted by Gasteiger charge is 2.32. The minimum absolute atomic E-state index is 0.0306. The van der Waals surface area contributed by atoms with Crippen molar-refractivity contribution in [3.63, 3.8) is 0 Å². The third-order valence-corrected chi connectivity index (χ3v) is 4.10. The molecule has 4 heteroatoms. The molecule has 96 valence electrons. The van der Waals surface area contributed by atoms with E-state index in [9.17, 15) is 9.90 Å². The fourth-order valence-electron chi connectivity index (χ4n) is 3.07. The van der Waals surface area contributed by atoms with E-state index in [1.807, 2.05) is 6.07 Å². The molecule has 18 heavy (non-hydrogen) atoms. The van der Waals surface area contributed by atoms with Crippen LogP contribution in [-0.2, 0) is 17.6 Å². The van der Waals surface area contributed by atoms with Crippen molar-refractivity contribution in [2.45, 2.75) is 31.7 Å². The SMILES string of the molecule is O=C(O)C1CNC(c2cc3c(cc2O)CCC3)C1. The number of carboxylic acid groups (broad SMARTS) is 1. The first kappa shape index (κ1) is 11.5. The van der Waals surface area contributed by atoms with Crippen molar-refractivity contribution >= 4 is 5.97 Å².